The van der Waals surface area contributed by atoms with Gasteiger partial charge in [0.25, 0.3) is 0 Å². The zero-order valence-electron chi connectivity index (χ0n) is 11.8. The van der Waals surface area contributed by atoms with E-state index in [4.69, 9.17) is 13.9 Å². The fourth-order valence-electron chi connectivity index (χ4n) is 1.96. The Morgan fingerprint density at radius 2 is 2.06 bits per heavy atom. The van der Waals surface area contributed by atoms with E-state index in [1.54, 1.807) is 6.61 Å². The first kappa shape index (κ1) is 17.2. The Labute approximate surface area is 134 Å². The van der Waals surface area contributed by atoms with Crippen LogP contribution in [0, 0.1) is 37.7 Å². The molecule has 0 saturated carbocycles. The van der Waals surface area contributed by atoms with Gasteiger partial charge in [-0.3, -0.25) is 0 Å². The molecule has 0 spiro atoms. The van der Waals surface area contributed by atoms with Crippen molar-refractivity contribution in [1.82, 2.24) is 0 Å². The van der Waals surface area contributed by atoms with E-state index in [-0.39, 0.29) is 55.0 Å². The van der Waals surface area contributed by atoms with Crippen molar-refractivity contribution in [3.8, 4) is 0 Å². The molecule has 0 aliphatic carbocycles. The van der Waals surface area contributed by atoms with Crippen LogP contribution in [0.2, 0.25) is 18.1 Å². The zero-order valence-corrected chi connectivity index (χ0v) is 17.0. The van der Waals surface area contributed by atoms with E-state index >= 15 is 0 Å². The summed E-state index contributed by atoms with van der Waals surface area (Å²) in [5.41, 5.74) is -0.666. The predicted molar refractivity (Wildman–Crippen MR) is 67.0 cm³/mol. The molecule has 0 aromatic carbocycles. The van der Waals surface area contributed by atoms with Crippen LogP contribution in [-0.2, 0) is 13.9 Å². The third kappa shape index (κ3) is 2.76. The van der Waals surface area contributed by atoms with Gasteiger partial charge in [-0.1, -0.05) is 20.8 Å². The molecule has 0 amide bonds. The standard InChI is InChI=1S/C12H23O4Si.U/c1-11(2,3)17(4,5)16-10-9-6-15-12(10,7-13)8-14-9;/h6,9-10,13H,7-8H2,1-5H3;/q-1;/t9-,10-,12-;/m0./s1. The average Bonchev–Trinajstić information content (AvgIpc) is 2.72. The molecule has 2 bridgehead atoms. The van der Waals surface area contributed by atoms with Crippen LogP contribution in [0.3, 0.4) is 0 Å². The minimum absolute atomic E-state index is 0. The number of ether oxygens (including phenoxy) is 2. The molecule has 2 rings (SSSR count). The Kier molecular flexibility index (Phi) is 5.22. The maximum atomic E-state index is 9.52. The summed E-state index contributed by atoms with van der Waals surface area (Å²) >= 11 is 0. The van der Waals surface area contributed by atoms with Crippen LogP contribution >= 0.6 is 0 Å². The molecular formula is C12H23O4SiU-. The van der Waals surface area contributed by atoms with Gasteiger partial charge in [0, 0.05) is 31.1 Å². The molecule has 6 heteroatoms. The molecule has 2 heterocycles. The van der Waals surface area contributed by atoms with E-state index in [9.17, 15) is 5.11 Å². The SMILES string of the molecule is CC(C)(C)[Si](C)(C)O[C@H]1[C@@H]2[CH-]O[C@@]1(CO)CO2.[U]. The van der Waals surface area contributed by atoms with Crippen LogP contribution in [0.5, 0.6) is 0 Å². The van der Waals surface area contributed by atoms with Gasteiger partial charge in [0.2, 0.25) is 0 Å². The number of rotatable bonds is 3. The number of fused-ring (bicyclic) bond motifs is 2. The molecule has 104 valence electrons. The van der Waals surface area contributed by atoms with Crippen LogP contribution in [0.4, 0.5) is 0 Å². The molecule has 0 aromatic heterocycles. The smallest absolute Gasteiger partial charge is 0.192 e. The number of aliphatic hydroxyl groups is 1. The maximum absolute atomic E-state index is 9.52. The minimum atomic E-state index is -1.87. The van der Waals surface area contributed by atoms with Gasteiger partial charge in [0.15, 0.2) is 8.32 Å². The summed E-state index contributed by atoms with van der Waals surface area (Å²) in [5.74, 6) is 0. The topological polar surface area (TPSA) is 47.9 Å². The maximum Gasteiger partial charge on any atom is 0.192 e. The van der Waals surface area contributed by atoms with Crippen LogP contribution in [0.15, 0.2) is 0 Å². The van der Waals surface area contributed by atoms with Gasteiger partial charge in [-0.05, 0) is 24.2 Å². The van der Waals surface area contributed by atoms with Crippen LogP contribution in [-0.4, -0.2) is 44.4 Å². The van der Waals surface area contributed by atoms with Crippen molar-refractivity contribution in [2.45, 2.75) is 56.7 Å². The molecule has 3 atom stereocenters. The van der Waals surface area contributed by atoms with Crippen LogP contribution in [0.1, 0.15) is 20.8 Å². The molecule has 18 heavy (non-hydrogen) atoms. The number of hydrogen-bond acceptors (Lipinski definition) is 4. The molecular weight excluding hydrogens is 474 g/mol. The summed E-state index contributed by atoms with van der Waals surface area (Å²) in [6.45, 7) is 13.0. The van der Waals surface area contributed by atoms with Gasteiger partial charge in [-0.25, -0.2) is 0 Å². The molecule has 2 aliphatic heterocycles. The van der Waals surface area contributed by atoms with E-state index in [1.807, 2.05) is 0 Å². The van der Waals surface area contributed by atoms with Gasteiger partial charge in [0.1, 0.15) is 5.60 Å². The van der Waals surface area contributed by atoms with Gasteiger partial charge < -0.3 is 19.0 Å². The summed E-state index contributed by atoms with van der Waals surface area (Å²) in [7, 11) is -1.87. The van der Waals surface area contributed by atoms with Crippen molar-refractivity contribution in [3.63, 3.8) is 0 Å². The second kappa shape index (κ2) is 5.48. The van der Waals surface area contributed by atoms with Crippen molar-refractivity contribution >= 4 is 8.32 Å². The van der Waals surface area contributed by atoms with Gasteiger partial charge >= 0.3 is 0 Å². The third-order valence-electron chi connectivity index (χ3n) is 4.27. The Balaban J connectivity index is 0.00000162. The van der Waals surface area contributed by atoms with Gasteiger partial charge in [0.05, 0.1) is 19.3 Å². The normalized spacial score (nSPS) is 35.7. The van der Waals surface area contributed by atoms with E-state index in [1.165, 1.54) is 0 Å². The summed E-state index contributed by atoms with van der Waals surface area (Å²) in [5, 5.41) is 9.67. The summed E-state index contributed by atoms with van der Waals surface area (Å²) < 4.78 is 17.5. The van der Waals surface area contributed by atoms with Crippen LogP contribution < -0.4 is 0 Å². The van der Waals surface area contributed by atoms with Gasteiger partial charge in [-0.15, -0.1) is 0 Å². The molecule has 4 nitrogen and oxygen atoms in total. The summed E-state index contributed by atoms with van der Waals surface area (Å²) in [4.78, 5) is 0. The second-order valence-corrected chi connectivity index (χ2v) is 11.3. The predicted octanol–water partition coefficient (Wildman–Crippen LogP) is 1.70. The Morgan fingerprint density at radius 1 is 1.44 bits per heavy atom. The van der Waals surface area contributed by atoms with Crippen molar-refractivity contribution in [3.05, 3.63) is 6.61 Å². The minimum Gasteiger partial charge on any atom is -0.540 e. The average molecular weight is 497 g/mol. The monoisotopic (exact) mass is 497 g/mol. The number of aliphatic hydroxyl groups excluding tert-OH is 1. The Hall–Kier alpha value is 1.11. The van der Waals surface area contributed by atoms with E-state index < -0.39 is 13.9 Å². The number of hydrogen-bond donors (Lipinski definition) is 1. The fourth-order valence-corrected chi connectivity index (χ4v) is 3.30. The van der Waals surface area contributed by atoms with Crippen molar-refractivity contribution in [2.75, 3.05) is 13.2 Å². The largest absolute Gasteiger partial charge is 0.540 e. The molecule has 0 radical (unpaired) electrons. The zero-order chi connectivity index (χ0) is 12.9. The summed E-state index contributed by atoms with van der Waals surface area (Å²) in [6, 6.07) is 0. The Bertz CT molecular complexity index is 295. The van der Waals surface area contributed by atoms with Gasteiger partial charge in [-0.2, -0.15) is 6.61 Å². The van der Waals surface area contributed by atoms with Crippen LogP contribution in [0.25, 0.3) is 0 Å². The molecule has 2 saturated heterocycles. The second-order valence-electron chi connectivity index (χ2n) is 6.55. The molecule has 2 aliphatic rings. The molecule has 1 N–H and O–H groups in total. The molecule has 2 fully saturated rings. The first-order valence-corrected chi connectivity index (χ1v) is 9.04. The van der Waals surface area contributed by atoms with E-state index in [2.05, 4.69) is 33.9 Å². The fraction of sp³-hybridized carbons (Fsp3) is 0.917. The molecule has 0 unspecified atom stereocenters. The first-order chi connectivity index (χ1) is 7.72. The van der Waals surface area contributed by atoms with E-state index in [0.29, 0.717) is 6.61 Å². The first-order valence-electron chi connectivity index (χ1n) is 6.13. The van der Waals surface area contributed by atoms with E-state index in [0.717, 1.165) is 0 Å². The van der Waals surface area contributed by atoms with Crippen molar-refractivity contribution in [2.24, 2.45) is 0 Å². The van der Waals surface area contributed by atoms with Crippen molar-refractivity contribution < 1.29 is 50.1 Å². The van der Waals surface area contributed by atoms with Crippen molar-refractivity contribution in [1.29, 1.82) is 0 Å². The Morgan fingerprint density at radius 3 is 2.44 bits per heavy atom. The summed E-state index contributed by atoms with van der Waals surface area (Å²) in [6.07, 6.45) is -0.287. The molecule has 0 aromatic rings. The third-order valence-corrected chi connectivity index (χ3v) is 8.72. The quantitative estimate of drug-likeness (QED) is 0.477.